The van der Waals surface area contributed by atoms with Gasteiger partial charge < -0.3 is 20.1 Å². The number of rotatable bonds is 3. The Morgan fingerprint density at radius 3 is 2.23 bits per heavy atom. The van der Waals surface area contributed by atoms with Gasteiger partial charge in [-0.1, -0.05) is 26.3 Å². The molecule has 0 bridgehead atoms. The van der Waals surface area contributed by atoms with Crippen molar-refractivity contribution in [1.29, 1.82) is 0 Å². The first-order chi connectivity index (χ1) is 15.9. The van der Waals surface area contributed by atoms with E-state index in [0.29, 0.717) is 19.3 Å². The molecular formula is C30H50O5. The molecule has 200 valence electrons. The van der Waals surface area contributed by atoms with Crippen LogP contribution in [-0.4, -0.2) is 50.1 Å². The third-order valence-electron chi connectivity index (χ3n) is 11.1. The maximum absolute atomic E-state index is 13.1. The zero-order chi connectivity index (χ0) is 26.2. The average Bonchev–Trinajstić information content (AvgIpc) is 2.82. The van der Waals surface area contributed by atoms with E-state index in [2.05, 4.69) is 20.8 Å². The number of allylic oxidation sites excluding steroid dienone is 2. The van der Waals surface area contributed by atoms with Gasteiger partial charge in [-0.15, -0.1) is 0 Å². The zero-order valence-electron chi connectivity index (χ0n) is 23.4. The van der Waals surface area contributed by atoms with Gasteiger partial charge in [0.05, 0.1) is 29.0 Å². The molecule has 1 heterocycles. The highest BCUT2D eigenvalue weighted by Crippen LogP contribution is 2.59. The van der Waals surface area contributed by atoms with E-state index >= 15 is 0 Å². The molecule has 0 unspecified atom stereocenters. The number of ether oxygens (including phenoxy) is 1. The number of Topliss-reactive ketones (excluding diaryl/α,β-unsaturated/α-hetero) is 1. The van der Waals surface area contributed by atoms with E-state index in [0.717, 1.165) is 44.1 Å². The summed E-state index contributed by atoms with van der Waals surface area (Å²) >= 11 is 0. The summed E-state index contributed by atoms with van der Waals surface area (Å²) in [4.78, 5) is 13.1. The van der Waals surface area contributed by atoms with Gasteiger partial charge >= 0.3 is 0 Å². The van der Waals surface area contributed by atoms with Crippen molar-refractivity contribution in [3.63, 3.8) is 0 Å². The average molecular weight is 491 g/mol. The molecule has 3 N–H and O–H groups in total. The predicted molar refractivity (Wildman–Crippen MR) is 138 cm³/mol. The third kappa shape index (κ3) is 4.57. The molecule has 0 aromatic heterocycles. The molecule has 0 aromatic carbocycles. The fourth-order valence-corrected chi connectivity index (χ4v) is 8.55. The first-order valence-corrected chi connectivity index (χ1v) is 14.0. The molecule has 0 aromatic rings. The topological polar surface area (TPSA) is 87.0 Å². The number of aliphatic hydroxyl groups is 3. The van der Waals surface area contributed by atoms with Crippen LogP contribution in [0.1, 0.15) is 113 Å². The molecule has 2 saturated carbocycles. The molecule has 3 fully saturated rings. The van der Waals surface area contributed by atoms with Crippen molar-refractivity contribution in [2.24, 2.45) is 28.6 Å². The molecule has 1 saturated heterocycles. The predicted octanol–water partition coefficient (Wildman–Crippen LogP) is 5.35. The minimum atomic E-state index is -0.827. The Hall–Kier alpha value is -0.750. The molecule has 35 heavy (non-hydrogen) atoms. The Morgan fingerprint density at radius 2 is 1.57 bits per heavy atom. The SMILES string of the molecule is CC1=C(CC[C@H]2[C@]3(C)CC[C@H](O)C(C)(C)O[C@H]3CC[C@]2(C)O)[C@@H]2[C@H](CC1=O)[C@@](C)(O)CCC2(C)C. The lowest BCUT2D eigenvalue weighted by Gasteiger charge is -2.56. The van der Waals surface area contributed by atoms with Gasteiger partial charge in [0.15, 0.2) is 5.78 Å². The maximum Gasteiger partial charge on any atom is 0.158 e. The van der Waals surface area contributed by atoms with Crippen LogP contribution >= 0.6 is 0 Å². The molecule has 3 aliphatic carbocycles. The molecule has 0 spiro atoms. The van der Waals surface area contributed by atoms with Gasteiger partial charge in [0.1, 0.15) is 0 Å². The second-order valence-electron chi connectivity index (χ2n) is 14.5. The second-order valence-corrected chi connectivity index (χ2v) is 14.5. The van der Waals surface area contributed by atoms with Gasteiger partial charge in [0.2, 0.25) is 0 Å². The summed E-state index contributed by atoms with van der Waals surface area (Å²) in [5, 5.41) is 33.7. The van der Waals surface area contributed by atoms with Gasteiger partial charge in [-0.25, -0.2) is 0 Å². The Morgan fingerprint density at radius 1 is 0.914 bits per heavy atom. The van der Waals surface area contributed by atoms with Crippen molar-refractivity contribution in [2.75, 3.05) is 0 Å². The minimum absolute atomic E-state index is 0.00200. The van der Waals surface area contributed by atoms with Crippen LogP contribution in [0.25, 0.3) is 0 Å². The van der Waals surface area contributed by atoms with Crippen LogP contribution in [0.4, 0.5) is 0 Å². The summed E-state index contributed by atoms with van der Waals surface area (Å²) < 4.78 is 6.56. The Balaban J connectivity index is 1.67. The highest BCUT2D eigenvalue weighted by Gasteiger charge is 2.57. The largest absolute Gasteiger partial charge is 0.390 e. The lowest BCUT2D eigenvalue weighted by atomic mass is 9.51. The number of hydrogen-bond acceptors (Lipinski definition) is 5. The van der Waals surface area contributed by atoms with E-state index < -0.39 is 22.9 Å². The van der Waals surface area contributed by atoms with Gasteiger partial charge in [-0.3, -0.25) is 4.79 Å². The molecule has 4 aliphatic rings. The van der Waals surface area contributed by atoms with Crippen LogP contribution in [0.5, 0.6) is 0 Å². The molecule has 0 amide bonds. The number of fused-ring (bicyclic) bond motifs is 2. The summed E-state index contributed by atoms with van der Waals surface area (Å²) in [6.07, 6.45) is 6.03. The third-order valence-corrected chi connectivity index (χ3v) is 11.1. The standard InChI is InChI=1S/C30H50O5/c1-18-19(25-20(17-21(18)31)29(7,33)16-15-26(25,2)3)9-10-22-28(6)13-11-23(32)27(4,5)35-24(28)12-14-30(22,8)34/h20,22-25,32-34H,9-17H2,1-8H3/t20-,22-,23-,24-,25+,28-,29-,30-/m0/s1. The fourth-order valence-electron chi connectivity index (χ4n) is 8.55. The Kier molecular flexibility index (Phi) is 6.74. The first kappa shape index (κ1) is 27.3. The van der Waals surface area contributed by atoms with E-state index in [1.807, 2.05) is 34.6 Å². The molecule has 1 aliphatic heterocycles. The van der Waals surface area contributed by atoms with Gasteiger partial charge in [0.25, 0.3) is 0 Å². The second kappa shape index (κ2) is 8.64. The number of aliphatic hydroxyl groups excluding tert-OH is 1. The van der Waals surface area contributed by atoms with Crippen LogP contribution in [0.15, 0.2) is 11.1 Å². The summed E-state index contributed by atoms with van der Waals surface area (Å²) in [5.74, 6) is 0.288. The lowest BCUT2D eigenvalue weighted by Crippen LogP contribution is -2.56. The van der Waals surface area contributed by atoms with E-state index in [9.17, 15) is 20.1 Å². The Bertz CT molecular complexity index is 881. The quantitative estimate of drug-likeness (QED) is 0.497. The maximum atomic E-state index is 13.1. The molecule has 5 nitrogen and oxygen atoms in total. The zero-order valence-corrected chi connectivity index (χ0v) is 23.4. The van der Waals surface area contributed by atoms with Crippen molar-refractivity contribution in [1.82, 2.24) is 0 Å². The smallest absolute Gasteiger partial charge is 0.158 e. The van der Waals surface area contributed by atoms with Crippen LogP contribution in [0, 0.1) is 28.6 Å². The summed E-state index contributed by atoms with van der Waals surface area (Å²) in [6, 6.07) is 0. The molecule has 8 atom stereocenters. The molecule has 4 rings (SSSR count). The lowest BCUT2D eigenvalue weighted by molar-refractivity contribution is -0.205. The van der Waals surface area contributed by atoms with Crippen LogP contribution in [0.3, 0.4) is 0 Å². The summed E-state index contributed by atoms with van der Waals surface area (Å²) in [6.45, 7) is 16.6. The normalized spacial score (nSPS) is 47.6. The minimum Gasteiger partial charge on any atom is -0.390 e. The van der Waals surface area contributed by atoms with Crippen molar-refractivity contribution in [3.05, 3.63) is 11.1 Å². The first-order valence-electron chi connectivity index (χ1n) is 14.0. The molecular weight excluding hydrogens is 440 g/mol. The molecule has 5 heteroatoms. The monoisotopic (exact) mass is 490 g/mol. The van der Waals surface area contributed by atoms with Gasteiger partial charge in [-0.2, -0.15) is 0 Å². The molecule has 0 radical (unpaired) electrons. The highest BCUT2D eigenvalue weighted by molar-refractivity contribution is 5.97. The fraction of sp³-hybridized carbons (Fsp3) is 0.900. The van der Waals surface area contributed by atoms with Crippen molar-refractivity contribution in [3.8, 4) is 0 Å². The van der Waals surface area contributed by atoms with Crippen LogP contribution < -0.4 is 0 Å². The number of carbonyl (C=O) groups excluding carboxylic acids is 1. The van der Waals surface area contributed by atoms with E-state index in [1.54, 1.807) is 0 Å². The number of carbonyl (C=O) groups is 1. The Labute approximate surface area is 212 Å². The number of hydrogen-bond donors (Lipinski definition) is 3. The van der Waals surface area contributed by atoms with E-state index in [4.69, 9.17) is 4.74 Å². The number of ketones is 1. The van der Waals surface area contributed by atoms with Crippen LogP contribution in [-0.2, 0) is 9.53 Å². The van der Waals surface area contributed by atoms with Crippen LogP contribution in [0.2, 0.25) is 0 Å². The van der Waals surface area contributed by atoms with Crippen molar-refractivity contribution in [2.45, 2.75) is 142 Å². The highest BCUT2D eigenvalue weighted by atomic mass is 16.5. The van der Waals surface area contributed by atoms with E-state index in [1.165, 1.54) is 5.57 Å². The van der Waals surface area contributed by atoms with Gasteiger partial charge in [0, 0.05) is 12.3 Å². The van der Waals surface area contributed by atoms with Crippen molar-refractivity contribution >= 4 is 5.78 Å². The van der Waals surface area contributed by atoms with Gasteiger partial charge in [-0.05, 0) is 114 Å². The van der Waals surface area contributed by atoms with E-state index in [-0.39, 0.29) is 40.5 Å². The summed E-state index contributed by atoms with van der Waals surface area (Å²) in [7, 11) is 0. The summed E-state index contributed by atoms with van der Waals surface area (Å²) in [5.41, 5.74) is -0.409. The van der Waals surface area contributed by atoms with Crippen molar-refractivity contribution < 1.29 is 24.9 Å².